The summed E-state index contributed by atoms with van der Waals surface area (Å²) in [6.07, 6.45) is 3.90. The monoisotopic (exact) mass is 470 g/mol. The average molecular weight is 471 g/mol. The van der Waals surface area contributed by atoms with Gasteiger partial charge in [-0.3, -0.25) is 0 Å². The zero-order valence-electron chi connectivity index (χ0n) is 22.6. The van der Waals surface area contributed by atoms with Crippen molar-refractivity contribution in [2.45, 2.75) is 99.4 Å². The SMILES string of the molecule is CCCOCc1cc(C(C)(C)c2cc(COCCC)c(O)c(COCCC)c2)cc(CC)c1C. The number of rotatable bonds is 15. The van der Waals surface area contributed by atoms with Crippen LogP contribution < -0.4 is 0 Å². The van der Waals surface area contributed by atoms with E-state index in [4.69, 9.17) is 14.2 Å². The summed E-state index contributed by atoms with van der Waals surface area (Å²) in [6.45, 7) is 18.8. The minimum Gasteiger partial charge on any atom is -0.507 e. The highest BCUT2D eigenvalue weighted by Gasteiger charge is 2.27. The van der Waals surface area contributed by atoms with Gasteiger partial charge in [0.05, 0.1) is 19.8 Å². The third kappa shape index (κ3) is 7.31. The molecule has 0 bridgehead atoms. The highest BCUT2D eigenvalue weighted by molar-refractivity contribution is 5.50. The molecule has 0 aliphatic carbocycles. The van der Waals surface area contributed by atoms with Crippen LogP contribution in [0.25, 0.3) is 0 Å². The summed E-state index contributed by atoms with van der Waals surface area (Å²) in [5.74, 6) is 0.290. The Morgan fingerprint density at radius 3 is 1.44 bits per heavy atom. The van der Waals surface area contributed by atoms with Gasteiger partial charge in [-0.15, -0.1) is 0 Å². The molecule has 0 fully saturated rings. The Balaban J connectivity index is 2.52. The fourth-order valence-electron chi connectivity index (χ4n) is 4.20. The molecule has 0 radical (unpaired) electrons. The Hall–Kier alpha value is -1.88. The van der Waals surface area contributed by atoms with E-state index in [0.717, 1.165) is 49.0 Å². The van der Waals surface area contributed by atoms with E-state index in [9.17, 15) is 5.11 Å². The number of ether oxygens (including phenoxy) is 3. The van der Waals surface area contributed by atoms with E-state index >= 15 is 0 Å². The van der Waals surface area contributed by atoms with Gasteiger partial charge in [-0.1, -0.05) is 53.7 Å². The lowest BCUT2D eigenvalue weighted by Crippen LogP contribution is -2.21. The summed E-state index contributed by atoms with van der Waals surface area (Å²) in [4.78, 5) is 0. The Bertz CT molecular complexity index is 870. The van der Waals surface area contributed by atoms with Crippen molar-refractivity contribution < 1.29 is 19.3 Å². The molecule has 0 saturated carbocycles. The topological polar surface area (TPSA) is 47.9 Å². The van der Waals surface area contributed by atoms with Crippen LogP contribution in [0.1, 0.15) is 99.7 Å². The smallest absolute Gasteiger partial charge is 0.126 e. The summed E-state index contributed by atoms with van der Waals surface area (Å²) >= 11 is 0. The lowest BCUT2D eigenvalue weighted by Gasteiger charge is -2.30. The van der Waals surface area contributed by atoms with E-state index in [2.05, 4.69) is 72.7 Å². The summed E-state index contributed by atoms with van der Waals surface area (Å²) < 4.78 is 17.5. The maximum atomic E-state index is 11.0. The molecule has 0 aliphatic rings. The molecule has 0 heterocycles. The first-order valence-electron chi connectivity index (χ1n) is 13.0. The van der Waals surface area contributed by atoms with Crippen molar-refractivity contribution in [2.24, 2.45) is 0 Å². The Kier molecular flexibility index (Phi) is 11.6. The summed E-state index contributed by atoms with van der Waals surface area (Å²) in [5.41, 5.74) is 7.74. The molecule has 4 nitrogen and oxygen atoms in total. The van der Waals surface area contributed by atoms with E-state index in [1.807, 2.05) is 0 Å². The molecule has 190 valence electrons. The third-order valence-electron chi connectivity index (χ3n) is 6.53. The van der Waals surface area contributed by atoms with Gasteiger partial charge in [0.25, 0.3) is 0 Å². The molecule has 2 rings (SSSR count). The molecular formula is C30H46O4. The standard InChI is InChI=1S/C30H46O4/c1-8-12-32-19-24-16-27(15-23(11-4)22(24)5)30(6,7)28-17-25(20-33-13-9-2)29(31)26(18-28)21-34-14-10-3/h15-18,31H,8-14,19-21H2,1-7H3. The summed E-state index contributed by atoms with van der Waals surface area (Å²) in [5, 5.41) is 11.0. The van der Waals surface area contributed by atoms with Crippen LogP contribution in [0.15, 0.2) is 24.3 Å². The number of hydrogen-bond donors (Lipinski definition) is 1. The maximum absolute atomic E-state index is 11.0. The summed E-state index contributed by atoms with van der Waals surface area (Å²) in [7, 11) is 0. The fraction of sp³-hybridized carbons (Fsp3) is 0.600. The van der Waals surface area contributed by atoms with Crippen LogP contribution in [0.2, 0.25) is 0 Å². The van der Waals surface area contributed by atoms with Crippen molar-refractivity contribution >= 4 is 0 Å². The van der Waals surface area contributed by atoms with Crippen molar-refractivity contribution in [3.8, 4) is 5.75 Å². The van der Waals surface area contributed by atoms with Crippen LogP contribution in [-0.2, 0) is 45.9 Å². The molecule has 34 heavy (non-hydrogen) atoms. The molecule has 0 saturated heterocycles. The Morgan fingerprint density at radius 1 is 0.647 bits per heavy atom. The number of aromatic hydroxyl groups is 1. The van der Waals surface area contributed by atoms with Crippen molar-refractivity contribution in [3.63, 3.8) is 0 Å². The highest BCUT2D eigenvalue weighted by Crippen LogP contribution is 2.38. The quantitative estimate of drug-likeness (QED) is 0.276. The van der Waals surface area contributed by atoms with Crippen LogP contribution >= 0.6 is 0 Å². The van der Waals surface area contributed by atoms with Crippen LogP contribution in [0, 0.1) is 6.92 Å². The molecule has 0 aliphatic heterocycles. The third-order valence-corrected chi connectivity index (χ3v) is 6.53. The molecule has 2 aromatic rings. The molecular weight excluding hydrogens is 424 g/mol. The second kappa shape index (κ2) is 13.9. The van der Waals surface area contributed by atoms with Crippen LogP contribution in [0.3, 0.4) is 0 Å². The molecule has 0 spiro atoms. The number of aryl methyl sites for hydroxylation is 1. The summed E-state index contributed by atoms with van der Waals surface area (Å²) in [6, 6.07) is 8.85. The first-order valence-corrected chi connectivity index (χ1v) is 13.0. The van der Waals surface area contributed by atoms with E-state index < -0.39 is 0 Å². The fourth-order valence-corrected chi connectivity index (χ4v) is 4.20. The van der Waals surface area contributed by atoms with Crippen LogP contribution in [-0.4, -0.2) is 24.9 Å². The van der Waals surface area contributed by atoms with Crippen LogP contribution in [0.5, 0.6) is 5.75 Å². The predicted molar refractivity (Wildman–Crippen MR) is 141 cm³/mol. The number of hydrogen-bond acceptors (Lipinski definition) is 4. The lowest BCUT2D eigenvalue weighted by atomic mass is 9.75. The first kappa shape index (κ1) is 28.4. The van der Waals surface area contributed by atoms with Crippen molar-refractivity contribution in [1.29, 1.82) is 0 Å². The van der Waals surface area contributed by atoms with Gasteiger partial charge in [-0.2, -0.15) is 0 Å². The normalized spacial score (nSPS) is 11.9. The number of benzene rings is 2. The minimum atomic E-state index is -0.260. The molecule has 4 heteroatoms. The van der Waals surface area contributed by atoms with Crippen molar-refractivity contribution in [1.82, 2.24) is 0 Å². The largest absolute Gasteiger partial charge is 0.507 e. The second-order valence-electron chi connectivity index (χ2n) is 9.70. The predicted octanol–water partition coefficient (Wildman–Crippen LogP) is 7.37. The van der Waals surface area contributed by atoms with Gasteiger partial charge in [0.15, 0.2) is 0 Å². The van der Waals surface area contributed by atoms with E-state index in [1.54, 1.807) is 0 Å². The van der Waals surface area contributed by atoms with E-state index in [1.165, 1.54) is 22.3 Å². The number of phenolic OH excluding ortho intramolecular Hbond substituents is 1. The van der Waals surface area contributed by atoms with Gasteiger partial charge < -0.3 is 19.3 Å². The van der Waals surface area contributed by atoms with Gasteiger partial charge >= 0.3 is 0 Å². The van der Waals surface area contributed by atoms with Gasteiger partial charge in [-0.25, -0.2) is 0 Å². The lowest BCUT2D eigenvalue weighted by molar-refractivity contribution is 0.114. The first-order chi connectivity index (χ1) is 16.3. The van der Waals surface area contributed by atoms with Crippen molar-refractivity contribution in [3.05, 3.63) is 63.2 Å². The second-order valence-corrected chi connectivity index (χ2v) is 9.70. The minimum absolute atomic E-state index is 0.260. The molecule has 0 amide bonds. The molecule has 0 unspecified atom stereocenters. The number of phenols is 1. The molecule has 1 N–H and O–H groups in total. The Labute approximate surface area is 207 Å². The Morgan fingerprint density at radius 2 is 1.03 bits per heavy atom. The van der Waals surface area contributed by atoms with Gasteiger partial charge in [0.2, 0.25) is 0 Å². The molecule has 0 aromatic heterocycles. The highest BCUT2D eigenvalue weighted by atomic mass is 16.5. The van der Waals surface area contributed by atoms with Gasteiger partial charge in [0, 0.05) is 36.4 Å². The molecule has 0 atom stereocenters. The average Bonchev–Trinajstić information content (AvgIpc) is 2.82. The van der Waals surface area contributed by atoms with E-state index in [0.29, 0.717) is 38.8 Å². The maximum Gasteiger partial charge on any atom is 0.126 e. The zero-order chi connectivity index (χ0) is 25.1. The molecule has 2 aromatic carbocycles. The van der Waals surface area contributed by atoms with Gasteiger partial charge in [-0.05, 0) is 72.6 Å². The van der Waals surface area contributed by atoms with Crippen LogP contribution in [0.4, 0.5) is 0 Å². The van der Waals surface area contributed by atoms with Crippen molar-refractivity contribution in [2.75, 3.05) is 19.8 Å². The van der Waals surface area contributed by atoms with Gasteiger partial charge in [0.1, 0.15) is 5.75 Å². The van der Waals surface area contributed by atoms with E-state index in [-0.39, 0.29) is 5.41 Å². The zero-order valence-corrected chi connectivity index (χ0v) is 22.6.